The lowest BCUT2D eigenvalue weighted by molar-refractivity contribution is 0.0923. The molecule has 10 heteroatoms. The standard InChI is InChI=1S/C23H25N7O3/c24-21-20(23(33)29-16-6-2-8-25-12-16)30-17(13-27-21)15-5-1-4-14(10-15)11-28-22(32)19-18(31)7-3-9-26-19/h1,3-5,7,9-10,13,16,25,31H,2,6,8,11-12H2,(H2,24,27)(H,28,32)(H,29,33)/t16-/m0/s1. The van der Waals surface area contributed by atoms with Crippen molar-refractivity contribution in [2.24, 2.45) is 0 Å². The van der Waals surface area contributed by atoms with Gasteiger partial charge in [0.2, 0.25) is 0 Å². The van der Waals surface area contributed by atoms with Crippen LogP contribution in [0.4, 0.5) is 5.82 Å². The van der Waals surface area contributed by atoms with E-state index in [4.69, 9.17) is 5.73 Å². The zero-order valence-electron chi connectivity index (χ0n) is 17.9. The van der Waals surface area contributed by atoms with Crippen molar-refractivity contribution in [1.82, 2.24) is 30.9 Å². The van der Waals surface area contributed by atoms with Crippen LogP contribution in [0.2, 0.25) is 0 Å². The molecule has 0 spiro atoms. The van der Waals surface area contributed by atoms with Crippen molar-refractivity contribution in [3.05, 3.63) is 65.7 Å². The summed E-state index contributed by atoms with van der Waals surface area (Å²) in [6, 6.07) is 10.3. The van der Waals surface area contributed by atoms with Crippen LogP contribution in [0.3, 0.4) is 0 Å². The molecule has 1 aromatic carbocycles. The first kappa shape index (κ1) is 22.2. The Hall–Kier alpha value is -4.05. The molecule has 3 heterocycles. The molecule has 6 N–H and O–H groups in total. The third-order valence-corrected chi connectivity index (χ3v) is 5.33. The van der Waals surface area contributed by atoms with Crippen LogP contribution in [0.5, 0.6) is 5.75 Å². The van der Waals surface area contributed by atoms with Gasteiger partial charge >= 0.3 is 0 Å². The van der Waals surface area contributed by atoms with E-state index >= 15 is 0 Å². The minimum atomic E-state index is -0.484. The average Bonchev–Trinajstić information content (AvgIpc) is 2.84. The molecule has 4 rings (SSSR count). The second kappa shape index (κ2) is 10.0. The lowest BCUT2D eigenvalue weighted by Crippen LogP contribution is -2.46. The van der Waals surface area contributed by atoms with Gasteiger partial charge in [0.1, 0.15) is 5.75 Å². The Morgan fingerprint density at radius 3 is 2.82 bits per heavy atom. The third-order valence-electron chi connectivity index (χ3n) is 5.33. The molecule has 1 aliphatic heterocycles. The van der Waals surface area contributed by atoms with Crippen LogP contribution in [0.15, 0.2) is 48.8 Å². The van der Waals surface area contributed by atoms with E-state index in [1.807, 2.05) is 24.3 Å². The first-order valence-electron chi connectivity index (χ1n) is 10.7. The van der Waals surface area contributed by atoms with Gasteiger partial charge in [0, 0.05) is 30.9 Å². The van der Waals surface area contributed by atoms with Gasteiger partial charge in [-0.1, -0.05) is 18.2 Å². The fourth-order valence-corrected chi connectivity index (χ4v) is 3.61. The number of carbonyl (C=O) groups excluding carboxylic acids is 2. The largest absolute Gasteiger partial charge is 0.505 e. The van der Waals surface area contributed by atoms with E-state index in [-0.39, 0.29) is 41.4 Å². The Kier molecular flexibility index (Phi) is 6.75. The summed E-state index contributed by atoms with van der Waals surface area (Å²) in [4.78, 5) is 37.5. The Morgan fingerprint density at radius 1 is 1.15 bits per heavy atom. The summed E-state index contributed by atoms with van der Waals surface area (Å²) in [6.07, 6.45) is 4.84. The Morgan fingerprint density at radius 2 is 2.03 bits per heavy atom. The third kappa shape index (κ3) is 5.42. The number of hydrogen-bond donors (Lipinski definition) is 5. The number of anilines is 1. The topological polar surface area (TPSA) is 155 Å². The van der Waals surface area contributed by atoms with Crippen molar-refractivity contribution in [2.75, 3.05) is 18.8 Å². The first-order valence-corrected chi connectivity index (χ1v) is 10.7. The number of nitrogens with zero attached hydrogens (tertiary/aromatic N) is 3. The zero-order chi connectivity index (χ0) is 23.2. The van der Waals surface area contributed by atoms with E-state index < -0.39 is 5.91 Å². The predicted molar refractivity (Wildman–Crippen MR) is 122 cm³/mol. The molecule has 10 nitrogen and oxygen atoms in total. The van der Waals surface area contributed by atoms with E-state index in [9.17, 15) is 14.7 Å². The molecule has 1 atom stereocenters. The van der Waals surface area contributed by atoms with E-state index in [1.165, 1.54) is 18.5 Å². The van der Waals surface area contributed by atoms with Gasteiger partial charge in [-0.3, -0.25) is 9.59 Å². The van der Waals surface area contributed by atoms with Crippen LogP contribution in [0.25, 0.3) is 11.3 Å². The molecule has 0 aliphatic carbocycles. The lowest BCUT2D eigenvalue weighted by atomic mass is 10.1. The van der Waals surface area contributed by atoms with E-state index in [1.54, 1.807) is 6.07 Å². The van der Waals surface area contributed by atoms with Gasteiger partial charge in [0.05, 0.1) is 11.9 Å². The smallest absolute Gasteiger partial charge is 0.274 e. The van der Waals surface area contributed by atoms with Gasteiger partial charge in [-0.05, 0) is 43.1 Å². The molecule has 1 fully saturated rings. The second-order valence-corrected chi connectivity index (χ2v) is 7.76. The van der Waals surface area contributed by atoms with Gasteiger partial charge in [-0.25, -0.2) is 15.0 Å². The Balaban J connectivity index is 1.47. The maximum absolute atomic E-state index is 12.7. The highest BCUT2D eigenvalue weighted by Gasteiger charge is 2.20. The van der Waals surface area contributed by atoms with Crippen LogP contribution in [-0.4, -0.2) is 51.0 Å². The highest BCUT2D eigenvalue weighted by Crippen LogP contribution is 2.20. The van der Waals surface area contributed by atoms with Crippen LogP contribution < -0.4 is 21.7 Å². The summed E-state index contributed by atoms with van der Waals surface area (Å²) in [5.74, 6) is -0.953. The van der Waals surface area contributed by atoms with Crippen molar-refractivity contribution in [2.45, 2.75) is 25.4 Å². The number of rotatable bonds is 6. The molecular weight excluding hydrogens is 422 g/mol. The lowest BCUT2D eigenvalue weighted by Gasteiger charge is -2.23. The molecule has 1 aliphatic rings. The normalized spacial score (nSPS) is 15.6. The van der Waals surface area contributed by atoms with Crippen molar-refractivity contribution in [1.29, 1.82) is 0 Å². The van der Waals surface area contributed by atoms with Gasteiger partial charge in [-0.2, -0.15) is 0 Å². The molecule has 170 valence electrons. The van der Waals surface area contributed by atoms with Gasteiger partial charge in [0.15, 0.2) is 17.2 Å². The van der Waals surface area contributed by atoms with Crippen LogP contribution >= 0.6 is 0 Å². The van der Waals surface area contributed by atoms with E-state index in [0.717, 1.165) is 30.5 Å². The predicted octanol–water partition coefficient (Wildman–Crippen LogP) is 1.24. The monoisotopic (exact) mass is 447 g/mol. The number of aromatic hydroxyl groups is 1. The molecule has 0 radical (unpaired) electrons. The molecule has 0 bridgehead atoms. The minimum Gasteiger partial charge on any atom is -0.505 e. The Labute approximate surface area is 190 Å². The summed E-state index contributed by atoms with van der Waals surface area (Å²) >= 11 is 0. The number of piperidine rings is 1. The van der Waals surface area contributed by atoms with E-state index in [2.05, 4.69) is 30.9 Å². The van der Waals surface area contributed by atoms with Crippen molar-refractivity contribution in [3.63, 3.8) is 0 Å². The van der Waals surface area contributed by atoms with E-state index in [0.29, 0.717) is 12.2 Å². The van der Waals surface area contributed by atoms with Crippen LogP contribution in [-0.2, 0) is 6.54 Å². The van der Waals surface area contributed by atoms with Crippen molar-refractivity contribution >= 4 is 17.6 Å². The highest BCUT2D eigenvalue weighted by molar-refractivity contribution is 5.97. The molecule has 33 heavy (non-hydrogen) atoms. The first-order chi connectivity index (χ1) is 16.0. The number of aromatic nitrogens is 3. The Bertz CT molecular complexity index is 1160. The van der Waals surface area contributed by atoms with Gasteiger partial charge < -0.3 is 26.8 Å². The summed E-state index contributed by atoms with van der Waals surface area (Å²) in [7, 11) is 0. The van der Waals surface area contributed by atoms with Crippen LogP contribution in [0, 0.1) is 0 Å². The number of hydrogen-bond acceptors (Lipinski definition) is 8. The van der Waals surface area contributed by atoms with Gasteiger partial charge in [0.25, 0.3) is 11.8 Å². The number of pyridine rings is 1. The van der Waals surface area contributed by atoms with Crippen molar-refractivity contribution in [3.8, 4) is 17.0 Å². The molecule has 2 amide bonds. The minimum absolute atomic E-state index is 0.0292. The quantitative estimate of drug-likeness (QED) is 0.378. The molecule has 3 aromatic rings. The van der Waals surface area contributed by atoms with Gasteiger partial charge in [-0.15, -0.1) is 0 Å². The maximum atomic E-state index is 12.7. The highest BCUT2D eigenvalue weighted by atomic mass is 16.3. The second-order valence-electron chi connectivity index (χ2n) is 7.76. The SMILES string of the molecule is Nc1ncc(-c2cccc(CNC(=O)c3ncccc3O)c2)nc1C(=O)N[C@H]1CCCNC1. The number of nitrogens with one attached hydrogen (secondary N) is 3. The number of benzene rings is 1. The molecule has 2 aromatic heterocycles. The summed E-state index contributed by atoms with van der Waals surface area (Å²) in [5.41, 5.74) is 7.99. The van der Waals surface area contributed by atoms with Crippen LogP contribution in [0.1, 0.15) is 39.4 Å². The fraction of sp³-hybridized carbons (Fsp3) is 0.261. The average molecular weight is 447 g/mol. The molecular formula is C23H25N7O3. The number of carbonyl (C=O) groups is 2. The summed E-state index contributed by atoms with van der Waals surface area (Å²) < 4.78 is 0. The fourth-order valence-electron chi connectivity index (χ4n) is 3.61. The number of nitrogen functional groups attached to an aromatic ring is 1. The number of nitrogens with two attached hydrogens (primary N) is 1. The molecule has 0 saturated carbocycles. The summed E-state index contributed by atoms with van der Waals surface area (Å²) in [6.45, 7) is 1.87. The van der Waals surface area contributed by atoms with Crippen molar-refractivity contribution < 1.29 is 14.7 Å². The number of amides is 2. The molecule has 1 saturated heterocycles. The molecule has 0 unspecified atom stereocenters. The zero-order valence-corrected chi connectivity index (χ0v) is 17.9. The maximum Gasteiger partial charge on any atom is 0.274 e. The summed E-state index contributed by atoms with van der Waals surface area (Å²) in [5, 5.41) is 18.7.